The van der Waals surface area contributed by atoms with E-state index in [0.717, 1.165) is 0 Å². The largest absolute Gasteiger partial charge is 0.486 e. The Morgan fingerprint density at radius 2 is 1.58 bits per heavy atom. The number of aryl methyl sites for hydroxylation is 5. The number of hydrogen-bond acceptors (Lipinski definition) is 4. The Labute approximate surface area is 321 Å². The Kier molecular flexibility index (Phi) is 5.66. The molecule has 5 heteroatoms. The van der Waals surface area contributed by atoms with Crippen molar-refractivity contribution in [2.45, 2.75) is 61.4 Å². The van der Waals surface area contributed by atoms with Gasteiger partial charge in [0, 0.05) is 66.9 Å². The minimum Gasteiger partial charge on any atom is -0.486 e. The van der Waals surface area contributed by atoms with Crippen LogP contribution in [0.1, 0.15) is 77.6 Å². The summed E-state index contributed by atoms with van der Waals surface area (Å²) in [5.74, 6) is 0. The SMILES string of the molecule is [2H]C([2H])([2H])c1c[c-]c(-c2ccc(C([2H])([2H])[2H])cn2)cc1.[2H]C([2H])([2H])c1ccc2c(n1)oc1c(-c3cc(-c4ccc(C([2H])([2H])C(C)(C)C)cc4C([2H])([2H])[2H])c(C([2H])([2H])[2H])cn3)[c-]ccc12.[Ir]. The van der Waals surface area contributed by atoms with Crippen molar-refractivity contribution in [2.24, 2.45) is 5.41 Å². The van der Waals surface area contributed by atoms with Crippen LogP contribution in [0, 0.1) is 51.8 Å². The van der Waals surface area contributed by atoms with Gasteiger partial charge in [-0.3, -0.25) is 0 Å². The molecule has 4 heterocycles. The van der Waals surface area contributed by atoms with Crippen LogP contribution in [0.4, 0.5) is 0 Å². The van der Waals surface area contributed by atoms with Crippen LogP contribution in [0.15, 0.2) is 95.7 Å². The molecule has 0 spiro atoms. The van der Waals surface area contributed by atoms with Crippen LogP contribution in [0.3, 0.4) is 0 Å². The molecule has 0 saturated heterocycles. The molecule has 245 valence electrons. The summed E-state index contributed by atoms with van der Waals surface area (Å²) in [5, 5.41) is 1.18. The van der Waals surface area contributed by atoms with E-state index in [1.54, 1.807) is 51.1 Å². The fourth-order valence-electron chi connectivity index (χ4n) is 5.05. The van der Waals surface area contributed by atoms with Crippen molar-refractivity contribution in [1.82, 2.24) is 15.0 Å². The van der Waals surface area contributed by atoms with E-state index in [-0.39, 0.29) is 76.2 Å². The fraction of sp³-hybridized carbons (Fsp3) is 0.233. The molecule has 0 aliphatic carbocycles. The number of hydrogen-bond donors (Lipinski definition) is 0. The Hall–Kier alpha value is -4.44. The second kappa shape index (κ2) is 14.4. The molecule has 48 heavy (non-hydrogen) atoms. The first-order valence-electron chi connectivity index (χ1n) is 23.2. The van der Waals surface area contributed by atoms with Crippen LogP contribution in [-0.4, -0.2) is 15.0 Å². The van der Waals surface area contributed by atoms with Crippen molar-refractivity contribution >= 4 is 22.1 Å². The Bertz CT molecular complexity index is 2760. The monoisotopic (exact) mass is 825 g/mol. The summed E-state index contributed by atoms with van der Waals surface area (Å²) in [6.07, 6.45) is 0.582. The van der Waals surface area contributed by atoms with Crippen molar-refractivity contribution < 1.29 is 47.8 Å². The van der Waals surface area contributed by atoms with Gasteiger partial charge in [0.05, 0.1) is 5.58 Å². The molecule has 0 unspecified atom stereocenters. The number of pyridine rings is 3. The Balaban J connectivity index is 0.000000317. The van der Waals surface area contributed by atoms with Gasteiger partial charge in [-0.25, -0.2) is 4.98 Å². The molecule has 7 aromatic rings. The molecule has 0 amide bonds. The second-order valence-electron chi connectivity index (χ2n) is 11.9. The van der Waals surface area contributed by atoms with Gasteiger partial charge in [-0.2, -0.15) is 0 Å². The summed E-state index contributed by atoms with van der Waals surface area (Å²) in [7, 11) is 0. The van der Waals surface area contributed by atoms with Gasteiger partial charge in [0.1, 0.15) is 0 Å². The molecule has 3 aromatic carbocycles. The van der Waals surface area contributed by atoms with E-state index in [2.05, 4.69) is 27.1 Å². The van der Waals surface area contributed by atoms with E-state index in [1.807, 2.05) is 0 Å². The van der Waals surface area contributed by atoms with E-state index >= 15 is 0 Å². The van der Waals surface area contributed by atoms with Crippen LogP contribution >= 0.6 is 0 Å². The van der Waals surface area contributed by atoms with E-state index in [4.69, 9.17) is 27.7 Å². The van der Waals surface area contributed by atoms with E-state index in [9.17, 15) is 0 Å². The first-order valence-corrected chi connectivity index (χ1v) is 14.7. The number of aromatic nitrogens is 3. The zero-order valence-corrected chi connectivity index (χ0v) is 28.6. The van der Waals surface area contributed by atoms with Crippen molar-refractivity contribution in [3.05, 3.63) is 137 Å². The van der Waals surface area contributed by atoms with Crippen LogP contribution in [0.25, 0.3) is 55.7 Å². The van der Waals surface area contributed by atoms with Gasteiger partial charge in [-0.15, -0.1) is 53.6 Å². The molecule has 0 N–H and O–H groups in total. The normalized spacial score (nSPS) is 18.1. The van der Waals surface area contributed by atoms with E-state index in [1.165, 1.54) is 60.9 Å². The molecule has 0 aliphatic heterocycles. The van der Waals surface area contributed by atoms with Crippen molar-refractivity contribution in [3.8, 4) is 33.6 Å². The third kappa shape index (κ3) is 7.81. The quantitative estimate of drug-likeness (QED) is 0.166. The van der Waals surface area contributed by atoms with E-state index in [0.29, 0.717) is 33.2 Å². The summed E-state index contributed by atoms with van der Waals surface area (Å²) >= 11 is 0. The molecule has 7 rings (SSSR count). The standard InChI is InChI=1S/C30H29N2O.C13H12N.Ir/c1-18-14-21(16-30(4,5)6)11-13-22(18)26-15-27(31-17-19(26)2)25-9-7-8-23-24-12-10-20(3)32-29(24)33-28(23)25;1-10-3-6-12(7-4-10)13-8-5-11(2)9-14-13;/h7-8,10-15,17H,16H2,1-6H3;3-6,8-9H,1-2H3;/q2*-1;/i1D3,2D3,3D3,16D2;1D3,2D3;. The Morgan fingerprint density at radius 1 is 0.750 bits per heavy atom. The molecule has 0 bridgehead atoms. The molecular weight excluding hydrogens is 767 g/mol. The average molecular weight is 825 g/mol. The number of benzene rings is 3. The number of rotatable bonds is 4. The molecule has 0 saturated carbocycles. The van der Waals surface area contributed by atoms with Gasteiger partial charge in [0.15, 0.2) is 0 Å². The topological polar surface area (TPSA) is 51.8 Å². The van der Waals surface area contributed by atoms with Crippen LogP contribution in [0.5, 0.6) is 0 Å². The summed E-state index contributed by atoms with van der Waals surface area (Å²) < 4.78 is 139. The molecule has 1 radical (unpaired) electrons. The van der Waals surface area contributed by atoms with Crippen LogP contribution in [0.2, 0.25) is 0 Å². The summed E-state index contributed by atoms with van der Waals surface area (Å²) in [6.45, 7) is -6.99. The minimum atomic E-state index is -2.70. The molecule has 4 aromatic heterocycles. The summed E-state index contributed by atoms with van der Waals surface area (Å²) in [6, 6.07) is 25.6. The predicted octanol–water partition coefficient (Wildman–Crippen LogP) is 11.2. The van der Waals surface area contributed by atoms with Gasteiger partial charge >= 0.3 is 0 Å². The molecular formula is C43H41IrN3O-2. The average Bonchev–Trinajstić information content (AvgIpc) is 3.57. The van der Waals surface area contributed by atoms with Gasteiger partial charge in [0.2, 0.25) is 5.71 Å². The third-order valence-corrected chi connectivity index (χ3v) is 7.14. The van der Waals surface area contributed by atoms with Crippen LogP contribution in [-0.2, 0) is 26.5 Å². The van der Waals surface area contributed by atoms with Crippen molar-refractivity contribution in [2.75, 3.05) is 0 Å². The van der Waals surface area contributed by atoms with E-state index < -0.39 is 46.0 Å². The summed E-state index contributed by atoms with van der Waals surface area (Å²) in [5.41, 5.74) is 1.51. The van der Waals surface area contributed by atoms with Crippen molar-refractivity contribution in [3.63, 3.8) is 0 Å². The predicted molar refractivity (Wildman–Crippen MR) is 194 cm³/mol. The number of nitrogens with zero attached hydrogens (tertiary/aromatic N) is 3. The molecule has 0 aliphatic rings. The molecule has 0 atom stereocenters. The van der Waals surface area contributed by atoms with Gasteiger partial charge in [0.25, 0.3) is 0 Å². The van der Waals surface area contributed by atoms with Gasteiger partial charge < -0.3 is 14.4 Å². The van der Waals surface area contributed by atoms with Gasteiger partial charge in [-0.05, 0) is 96.1 Å². The smallest absolute Gasteiger partial charge is 0.216 e. The zero-order chi connectivity index (χ0) is 47.6. The first kappa shape index (κ1) is 18.9. The molecule has 0 fully saturated rings. The Morgan fingerprint density at radius 3 is 2.29 bits per heavy atom. The van der Waals surface area contributed by atoms with Crippen LogP contribution < -0.4 is 0 Å². The maximum Gasteiger partial charge on any atom is 0.216 e. The third-order valence-electron chi connectivity index (χ3n) is 7.14. The second-order valence-corrected chi connectivity index (χ2v) is 11.9. The number of fused-ring (bicyclic) bond motifs is 3. The first-order chi connectivity index (χ1) is 29.3. The van der Waals surface area contributed by atoms with Crippen molar-refractivity contribution in [1.29, 1.82) is 0 Å². The minimum absolute atomic E-state index is 0. The maximum absolute atomic E-state index is 8.69. The zero-order valence-electron chi connectivity index (χ0n) is 43.2. The summed E-state index contributed by atoms with van der Waals surface area (Å²) in [4.78, 5) is 12.7. The number of furan rings is 1. The van der Waals surface area contributed by atoms with Gasteiger partial charge in [-0.1, -0.05) is 75.0 Å². The maximum atomic E-state index is 8.69. The fourth-order valence-corrected chi connectivity index (χ4v) is 5.05. The molecule has 4 nitrogen and oxygen atoms in total.